The van der Waals surface area contributed by atoms with Crippen molar-refractivity contribution in [2.24, 2.45) is 0 Å². The summed E-state index contributed by atoms with van der Waals surface area (Å²) in [6.07, 6.45) is 4.84. The van der Waals surface area contributed by atoms with E-state index in [0.29, 0.717) is 6.42 Å². The highest BCUT2D eigenvalue weighted by Crippen LogP contribution is 2.11. The number of aromatic nitrogens is 2. The summed E-state index contributed by atoms with van der Waals surface area (Å²) in [6, 6.07) is 7.62. The summed E-state index contributed by atoms with van der Waals surface area (Å²) >= 11 is 0. The molecular formula is C15H20N2O3. The molecule has 108 valence electrons. The van der Waals surface area contributed by atoms with Crippen LogP contribution < -0.4 is 4.84 Å². The van der Waals surface area contributed by atoms with Crippen LogP contribution in [0.5, 0.6) is 0 Å². The predicted octanol–water partition coefficient (Wildman–Crippen LogP) is 2.59. The third-order valence-corrected chi connectivity index (χ3v) is 3.01. The van der Waals surface area contributed by atoms with Gasteiger partial charge < -0.3 is 9.57 Å². The lowest BCUT2D eigenvalue weighted by Crippen LogP contribution is -2.20. The molecule has 5 heteroatoms. The number of ether oxygens (including phenoxy) is 1. The van der Waals surface area contributed by atoms with Crippen molar-refractivity contribution < 1.29 is 14.4 Å². The van der Waals surface area contributed by atoms with E-state index in [1.807, 2.05) is 31.2 Å². The maximum Gasteiger partial charge on any atom is 0.334 e. The van der Waals surface area contributed by atoms with Crippen LogP contribution in [0.15, 0.2) is 30.5 Å². The third-order valence-electron chi connectivity index (χ3n) is 3.01. The summed E-state index contributed by atoms with van der Waals surface area (Å²) in [5.41, 5.74) is 0.803. The molecule has 0 aliphatic heterocycles. The molecule has 20 heavy (non-hydrogen) atoms. The molecule has 0 atom stereocenters. The summed E-state index contributed by atoms with van der Waals surface area (Å²) in [7, 11) is 0. The molecule has 2 rings (SSSR count). The molecule has 0 saturated heterocycles. The van der Waals surface area contributed by atoms with Gasteiger partial charge in [0.1, 0.15) is 5.52 Å². The Morgan fingerprint density at radius 2 is 2.10 bits per heavy atom. The molecule has 1 heterocycles. The van der Waals surface area contributed by atoms with Crippen LogP contribution in [0.1, 0.15) is 32.6 Å². The number of benzene rings is 1. The van der Waals surface area contributed by atoms with E-state index in [-0.39, 0.29) is 5.97 Å². The van der Waals surface area contributed by atoms with Gasteiger partial charge in [-0.3, -0.25) is 0 Å². The highest BCUT2D eigenvalue weighted by molar-refractivity contribution is 5.79. The molecule has 0 aliphatic rings. The van der Waals surface area contributed by atoms with Crippen molar-refractivity contribution in [3.63, 3.8) is 0 Å². The Hall–Kier alpha value is -1.88. The Morgan fingerprint density at radius 3 is 2.95 bits per heavy atom. The van der Waals surface area contributed by atoms with E-state index >= 15 is 0 Å². The summed E-state index contributed by atoms with van der Waals surface area (Å²) < 4.78 is 5.24. The molecule has 0 spiro atoms. The number of carbonyl (C=O) groups is 1. The minimum atomic E-state index is -0.254. The third kappa shape index (κ3) is 4.06. The first kappa shape index (κ1) is 14.5. The van der Waals surface area contributed by atoms with Crippen molar-refractivity contribution in [1.29, 1.82) is 0 Å². The first-order valence-electron chi connectivity index (χ1n) is 7.03. The summed E-state index contributed by atoms with van der Waals surface area (Å²) in [6.45, 7) is 3.48. The van der Waals surface area contributed by atoms with Gasteiger partial charge in [-0.05, 0) is 25.8 Å². The van der Waals surface area contributed by atoms with Crippen molar-refractivity contribution >= 4 is 16.9 Å². The molecule has 0 fully saturated rings. The number of hydrogen-bond donors (Lipinski definition) is 0. The quantitative estimate of drug-likeness (QED) is 0.695. The van der Waals surface area contributed by atoms with E-state index in [1.165, 1.54) is 4.85 Å². The van der Waals surface area contributed by atoms with Crippen LogP contribution in [0, 0.1) is 0 Å². The number of nitrogens with zero attached hydrogens (tertiary/aromatic N) is 2. The average Bonchev–Trinajstić information content (AvgIpc) is 2.86. The normalized spacial score (nSPS) is 10.8. The maximum absolute atomic E-state index is 11.7. The molecule has 0 N–H and O–H groups in total. The first-order valence-corrected chi connectivity index (χ1v) is 7.03. The second kappa shape index (κ2) is 7.65. The molecule has 0 saturated carbocycles. The molecule has 0 unspecified atom stereocenters. The van der Waals surface area contributed by atoms with Crippen LogP contribution in [0.3, 0.4) is 0 Å². The number of fused-ring (bicyclic) bond motifs is 1. The fourth-order valence-corrected chi connectivity index (χ4v) is 1.96. The standard InChI is InChI=1S/C15H20N2O3/c1-2-19-11-7-3-4-10-15(18)20-17-14-9-6-5-8-13(14)12-16-17/h5-6,8-9,12H,2-4,7,10-11H2,1H3. The minimum Gasteiger partial charge on any atom is -0.382 e. The summed E-state index contributed by atoms with van der Waals surface area (Å²) in [5, 5.41) is 5.01. The van der Waals surface area contributed by atoms with Crippen molar-refractivity contribution in [3.8, 4) is 0 Å². The fraction of sp³-hybridized carbons (Fsp3) is 0.467. The molecule has 0 aliphatic carbocycles. The number of carbonyl (C=O) groups excluding carboxylic acids is 1. The zero-order valence-electron chi connectivity index (χ0n) is 11.7. The van der Waals surface area contributed by atoms with Gasteiger partial charge >= 0.3 is 5.97 Å². The molecule has 5 nitrogen and oxygen atoms in total. The topological polar surface area (TPSA) is 53.4 Å². The number of hydrogen-bond acceptors (Lipinski definition) is 4. The fourth-order valence-electron chi connectivity index (χ4n) is 1.96. The molecular weight excluding hydrogens is 256 g/mol. The highest BCUT2D eigenvalue weighted by Gasteiger charge is 2.08. The minimum absolute atomic E-state index is 0.254. The molecule has 0 amide bonds. The van der Waals surface area contributed by atoms with E-state index in [4.69, 9.17) is 9.57 Å². The van der Waals surface area contributed by atoms with Gasteiger partial charge in [0.05, 0.1) is 6.20 Å². The number of unbranched alkanes of at least 4 members (excludes halogenated alkanes) is 2. The Kier molecular flexibility index (Phi) is 5.55. The Morgan fingerprint density at radius 1 is 1.25 bits per heavy atom. The molecule has 1 aromatic heterocycles. The SMILES string of the molecule is CCOCCCCCC(=O)On1ncc2ccccc21. The zero-order chi connectivity index (χ0) is 14.2. The lowest BCUT2D eigenvalue weighted by molar-refractivity contribution is -0.145. The molecule has 1 aromatic carbocycles. The second-order valence-electron chi connectivity index (χ2n) is 4.55. The van der Waals surface area contributed by atoms with E-state index in [2.05, 4.69) is 5.10 Å². The van der Waals surface area contributed by atoms with Crippen molar-refractivity contribution in [3.05, 3.63) is 30.5 Å². The van der Waals surface area contributed by atoms with Gasteiger partial charge in [-0.2, -0.15) is 0 Å². The monoisotopic (exact) mass is 276 g/mol. The van der Waals surface area contributed by atoms with Gasteiger partial charge in [0.15, 0.2) is 0 Å². The van der Waals surface area contributed by atoms with Gasteiger partial charge in [0, 0.05) is 25.0 Å². The van der Waals surface area contributed by atoms with E-state index < -0.39 is 0 Å². The van der Waals surface area contributed by atoms with E-state index in [9.17, 15) is 4.79 Å². The zero-order valence-corrected chi connectivity index (χ0v) is 11.7. The Labute approximate surface area is 118 Å². The smallest absolute Gasteiger partial charge is 0.334 e. The van der Waals surface area contributed by atoms with Gasteiger partial charge in [0.2, 0.25) is 0 Å². The summed E-state index contributed by atoms with van der Waals surface area (Å²) in [4.78, 5) is 18.2. The lowest BCUT2D eigenvalue weighted by Gasteiger charge is -2.04. The van der Waals surface area contributed by atoms with Crippen LogP contribution in [0.4, 0.5) is 0 Å². The van der Waals surface area contributed by atoms with Crippen molar-refractivity contribution in [2.75, 3.05) is 13.2 Å². The van der Waals surface area contributed by atoms with Crippen molar-refractivity contribution in [1.82, 2.24) is 9.94 Å². The van der Waals surface area contributed by atoms with Crippen molar-refractivity contribution in [2.45, 2.75) is 32.6 Å². The van der Waals surface area contributed by atoms with Crippen LogP contribution in [-0.2, 0) is 9.53 Å². The Balaban J connectivity index is 1.74. The lowest BCUT2D eigenvalue weighted by atomic mass is 10.2. The average molecular weight is 276 g/mol. The first-order chi connectivity index (χ1) is 9.81. The van der Waals surface area contributed by atoms with Gasteiger partial charge in [-0.15, -0.1) is 5.10 Å². The molecule has 0 bridgehead atoms. The van der Waals surface area contributed by atoms with E-state index in [1.54, 1.807) is 6.20 Å². The number of rotatable bonds is 8. The largest absolute Gasteiger partial charge is 0.382 e. The van der Waals surface area contributed by atoms with Gasteiger partial charge in [-0.1, -0.05) is 29.5 Å². The highest BCUT2D eigenvalue weighted by atomic mass is 16.7. The van der Waals surface area contributed by atoms with Crippen LogP contribution in [-0.4, -0.2) is 29.1 Å². The van der Waals surface area contributed by atoms with E-state index in [0.717, 1.165) is 43.4 Å². The number of para-hydroxylation sites is 1. The molecule has 2 aromatic rings. The molecule has 0 radical (unpaired) electrons. The van der Waals surface area contributed by atoms with Crippen LogP contribution in [0.2, 0.25) is 0 Å². The van der Waals surface area contributed by atoms with Gasteiger partial charge in [-0.25, -0.2) is 4.79 Å². The van der Waals surface area contributed by atoms with Crippen LogP contribution in [0.25, 0.3) is 10.9 Å². The van der Waals surface area contributed by atoms with Crippen LogP contribution >= 0.6 is 0 Å². The predicted molar refractivity (Wildman–Crippen MR) is 76.3 cm³/mol. The second-order valence-corrected chi connectivity index (χ2v) is 4.55. The summed E-state index contributed by atoms with van der Waals surface area (Å²) in [5.74, 6) is -0.254. The Bertz CT molecular complexity index is 551. The maximum atomic E-state index is 11.7. The van der Waals surface area contributed by atoms with Gasteiger partial charge in [0.25, 0.3) is 0 Å².